The van der Waals surface area contributed by atoms with E-state index < -0.39 is 15.3 Å². The number of sulfonamides is 1. The standard InChI is InChI=1S/C16H20N6O2S/c1-22(16-14-2-3-18-15(14)19-9-20-16)12-6-11(7-12)21-25(23,24)13-4-10(5-13)8-17/h2-3,9-13,21H,4-7H2,1H3,(H,18,19,20)/t10?,11-,12+,13?. The van der Waals surface area contributed by atoms with Gasteiger partial charge in [0.1, 0.15) is 17.8 Å². The molecule has 0 unspecified atom stereocenters. The van der Waals surface area contributed by atoms with Crippen LogP contribution in [0.5, 0.6) is 0 Å². The molecular weight excluding hydrogens is 340 g/mol. The minimum Gasteiger partial charge on any atom is -0.356 e. The zero-order valence-corrected chi connectivity index (χ0v) is 14.7. The molecule has 2 aliphatic carbocycles. The van der Waals surface area contributed by atoms with E-state index in [1.807, 2.05) is 19.3 Å². The number of nitrogens with one attached hydrogen (secondary N) is 2. The van der Waals surface area contributed by atoms with Crippen LogP contribution >= 0.6 is 0 Å². The highest BCUT2D eigenvalue weighted by Gasteiger charge is 2.42. The van der Waals surface area contributed by atoms with Crippen LogP contribution in [0.15, 0.2) is 18.6 Å². The fraction of sp³-hybridized carbons (Fsp3) is 0.562. The van der Waals surface area contributed by atoms with Gasteiger partial charge in [-0.2, -0.15) is 5.26 Å². The smallest absolute Gasteiger partial charge is 0.214 e. The van der Waals surface area contributed by atoms with Crippen molar-refractivity contribution >= 4 is 26.9 Å². The molecule has 2 aromatic heterocycles. The molecule has 9 heteroatoms. The van der Waals surface area contributed by atoms with Crippen LogP contribution < -0.4 is 9.62 Å². The number of nitrogens with zero attached hydrogens (tertiary/aromatic N) is 4. The summed E-state index contributed by atoms with van der Waals surface area (Å²) in [5, 5.41) is 9.35. The van der Waals surface area contributed by atoms with Crippen molar-refractivity contribution in [1.82, 2.24) is 19.7 Å². The maximum absolute atomic E-state index is 12.3. The second-order valence-corrected chi connectivity index (χ2v) is 8.94. The first-order valence-electron chi connectivity index (χ1n) is 8.39. The molecule has 2 N–H and O–H groups in total. The van der Waals surface area contributed by atoms with Crippen molar-refractivity contribution in [3.05, 3.63) is 18.6 Å². The Bertz CT molecular complexity index is 921. The maximum atomic E-state index is 12.3. The third-order valence-electron chi connectivity index (χ3n) is 5.38. The van der Waals surface area contributed by atoms with Crippen molar-refractivity contribution in [2.45, 2.75) is 43.0 Å². The number of aromatic amines is 1. The van der Waals surface area contributed by atoms with Crippen molar-refractivity contribution in [2.24, 2.45) is 5.92 Å². The summed E-state index contributed by atoms with van der Waals surface area (Å²) in [5.41, 5.74) is 0.797. The third-order valence-corrected chi connectivity index (χ3v) is 7.30. The predicted molar refractivity (Wildman–Crippen MR) is 93.3 cm³/mol. The summed E-state index contributed by atoms with van der Waals surface area (Å²) < 4.78 is 27.4. The number of rotatable bonds is 5. The number of H-pyrrole nitrogens is 1. The molecule has 132 valence electrons. The van der Waals surface area contributed by atoms with E-state index >= 15 is 0 Å². The lowest BCUT2D eigenvalue weighted by atomic mass is 9.86. The van der Waals surface area contributed by atoms with Crippen LogP contribution in [0, 0.1) is 17.2 Å². The molecule has 4 rings (SSSR count). The van der Waals surface area contributed by atoms with Crippen molar-refractivity contribution < 1.29 is 8.42 Å². The van der Waals surface area contributed by atoms with E-state index in [0.29, 0.717) is 12.8 Å². The van der Waals surface area contributed by atoms with Gasteiger partial charge in [0.25, 0.3) is 0 Å². The Morgan fingerprint density at radius 2 is 2.08 bits per heavy atom. The van der Waals surface area contributed by atoms with E-state index in [2.05, 4.69) is 30.6 Å². The zero-order chi connectivity index (χ0) is 17.6. The Morgan fingerprint density at radius 1 is 1.32 bits per heavy atom. The number of fused-ring (bicyclic) bond motifs is 1. The number of hydrogen-bond acceptors (Lipinski definition) is 6. The summed E-state index contributed by atoms with van der Waals surface area (Å²) in [5.74, 6) is 0.747. The van der Waals surface area contributed by atoms with E-state index in [1.165, 1.54) is 6.33 Å². The Hall–Kier alpha value is -2.18. The molecule has 0 spiro atoms. The molecule has 0 aromatic carbocycles. The van der Waals surface area contributed by atoms with Crippen LogP contribution in [0.25, 0.3) is 11.0 Å². The van der Waals surface area contributed by atoms with Crippen LogP contribution in [0.1, 0.15) is 25.7 Å². The van der Waals surface area contributed by atoms with Gasteiger partial charge in [0, 0.05) is 31.2 Å². The van der Waals surface area contributed by atoms with Crippen LogP contribution in [0.2, 0.25) is 0 Å². The van der Waals surface area contributed by atoms with Crippen LogP contribution in [-0.2, 0) is 10.0 Å². The molecule has 8 nitrogen and oxygen atoms in total. The molecule has 2 saturated carbocycles. The monoisotopic (exact) mass is 360 g/mol. The summed E-state index contributed by atoms with van der Waals surface area (Å²) in [6, 6.07) is 4.28. The summed E-state index contributed by atoms with van der Waals surface area (Å²) in [6.07, 6.45) is 5.77. The number of hydrogen-bond donors (Lipinski definition) is 2. The van der Waals surface area contributed by atoms with Gasteiger partial charge in [0.15, 0.2) is 0 Å². The second kappa shape index (κ2) is 5.97. The van der Waals surface area contributed by atoms with Gasteiger partial charge in [0.05, 0.1) is 16.7 Å². The first-order chi connectivity index (χ1) is 12.0. The Labute approximate surface area is 146 Å². The van der Waals surface area contributed by atoms with Crippen molar-refractivity contribution in [3.63, 3.8) is 0 Å². The molecule has 0 aliphatic heterocycles. The lowest BCUT2D eigenvalue weighted by Crippen LogP contribution is -2.55. The zero-order valence-electron chi connectivity index (χ0n) is 13.9. The number of aromatic nitrogens is 3. The van der Waals surface area contributed by atoms with Crippen LogP contribution in [-0.4, -0.2) is 47.8 Å². The minimum absolute atomic E-state index is 0.0397. The molecule has 2 fully saturated rings. The number of anilines is 1. The molecule has 0 atom stereocenters. The van der Waals surface area contributed by atoms with E-state index in [0.717, 1.165) is 29.7 Å². The average Bonchev–Trinajstić information content (AvgIpc) is 2.97. The van der Waals surface area contributed by atoms with Gasteiger partial charge in [-0.05, 0) is 31.7 Å². The van der Waals surface area contributed by atoms with Gasteiger partial charge in [-0.25, -0.2) is 23.1 Å². The van der Waals surface area contributed by atoms with Crippen LogP contribution in [0.3, 0.4) is 0 Å². The molecule has 2 aromatic rings. The molecule has 25 heavy (non-hydrogen) atoms. The highest BCUT2D eigenvalue weighted by molar-refractivity contribution is 7.90. The highest BCUT2D eigenvalue weighted by Crippen LogP contribution is 2.35. The summed E-state index contributed by atoms with van der Waals surface area (Å²) in [4.78, 5) is 13.7. The van der Waals surface area contributed by atoms with E-state index in [9.17, 15) is 8.42 Å². The van der Waals surface area contributed by atoms with E-state index in [1.54, 1.807) is 0 Å². The van der Waals surface area contributed by atoms with E-state index in [-0.39, 0.29) is 18.0 Å². The topological polar surface area (TPSA) is 115 Å². The largest absolute Gasteiger partial charge is 0.356 e. The van der Waals surface area contributed by atoms with Crippen molar-refractivity contribution in [3.8, 4) is 6.07 Å². The molecule has 0 amide bonds. The van der Waals surface area contributed by atoms with Gasteiger partial charge in [-0.1, -0.05) is 0 Å². The fourth-order valence-electron chi connectivity index (χ4n) is 3.57. The molecule has 0 saturated heterocycles. The van der Waals surface area contributed by atoms with Gasteiger partial charge in [-0.15, -0.1) is 0 Å². The average molecular weight is 360 g/mol. The highest BCUT2D eigenvalue weighted by atomic mass is 32.2. The van der Waals surface area contributed by atoms with Gasteiger partial charge in [0.2, 0.25) is 10.0 Å². The minimum atomic E-state index is -3.32. The van der Waals surface area contributed by atoms with Crippen LogP contribution in [0.4, 0.5) is 5.82 Å². The first-order valence-corrected chi connectivity index (χ1v) is 9.94. The molecule has 2 heterocycles. The second-order valence-electron chi connectivity index (χ2n) is 6.95. The third kappa shape index (κ3) is 2.85. The number of nitriles is 1. The molecule has 2 aliphatic rings. The van der Waals surface area contributed by atoms with E-state index in [4.69, 9.17) is 5.26 Å². The van der Waals surface area contributed by atoms with Crippen molar-refractivity contribution in [1.29, 1.82) is 5.26 Å². The van der Waals surface area contributed by atoms with Gasteiger partial charge >= 0.3 is 0 Å². The normalized spacial score (nSPS) is 28.8. The van der Waals surface area contributed by atoms with Gasteiger partial charge in [-0.3, -0.25) is 0 Å². The van der Waals surface area contributed by atoms with Gasteiger partial charge < -0.3 is 9.88 Å². The predicted octanol–water partition coefficient (Wildman–Crippen LogP) is 1.15. The van der Waals surface area contributed by atoms with Crippen molar-refractivity contribution in [2.75, 3.05) is 11.9 Å². The summed E-state index contributed by atoms with van der Waals surface area (Å²) >= 11 is 0. The maximum Gasteiger partial charge on any atom is 0.214 e. The molecular formula is C16H20N6O2S. The lowest BCUT2D eigenvalue weighted by molar-refractivity contribution is 0.309. The Balaban J connectivity index is 1.36. The molecule has 0 bridgehead atoms. The summed E-state index contributed by atoms with van der Waals surface area (Å²) in [7, 11) is -1.34. The fourth-order valence-corrected chi connectivity index (χ4v) is 5.39. The molecule has 0 radical (unpaired) electrons. The summed E-state index contributed by atoms with van der Waals surface area (Å²) in [6.45, 7) is 0. The Morgan fingerprint density at radius 3 is 2.80 bits per heavy atom. The first kappa shape index (κ1) is 16.3. The Kier molecular flexibility index (Phi) is 3.89. The lowest BCUT2D eigenvalue weighted by Gasteiger charge is -2.43. The SMILES string of the molecule is CN(c1ncnc2[nH]ccc12)[C@H]1C[C@@H](NS(=O)(=O)C2CC(C#N)C2)C1. The quantitative estimate of drug-likeness (QED) is 0.826.